The standard InChI is InChI=1S/C9H9ClINO/c10-6-5-9(13)12-8-4-2-1-3-7(8)11/h1-4H,5-6H2,(H,12,13). The molecule has 0 aromatic heterocycles. The van der Waals surface area contributed by atoms with Crippen LogP contribution in [0.15, 0.2) is 24.3 Å². The smallest absolute Gasteiger partial charge is 0.225 e. The summed E-state index contributed by atoms with van der Waals surface area (Å²) in [5, 5.41) is 2.78. The lowest BCUT2D eigenvalue weighted by Crippen LogP contribution is -2.12. The molecule has 1 amide bonds. The second-order valence-corrected chi connectivity index (χ2v) is 4.01. The molecule has 70 valence electrons. The van der Waals surface area contributed by atoms with Gasteiger partial charge in [-0.25, -0.2) is 0 Å². The highest BCUT2D eigenvalue weighted by Gasteiger charge is 2.02. The van der Waals surface area contributed by atoms with E-state index in [0.717, 1.165) is 9.26 Å². The number of alkyl halides is 1. The third-order valence-corrected chi connectivity index (χ3v) is 2.60. The minimum absolute atomic E-state index is 0.0425. The van der Waals surface area contributed by atoms with E-state index in [1.54, 1.807) is 0 Å². The third kappa shape index (κ3) is 3.52. The van der Waals surface area contributed by atoms with Crippen LogP contribution in [0.5, 0.6) is 0 Å². The van der Waals surface area contributed by atoms with Gasteiger partial charge in [0, 0.05) is 15.9 Å². The molecule has 0 radical (unpaired) electrons. The van der Waals surface area contributed by atoms with Gasteiger partial charge in [-0.2, -0.15) is 0 Å². The first kappa shape index (κ1) is 10.8. The maximum Gasteiger partial charge on any atom is 0.225 e. The Labute approximate surface area is 95.8 Å². The normalized spacial score (nSPS) is 9.69. The Morgan fingerprint density at radius 1 is 1.46 bits per heavy atom. The van der Waals surface area contributed by atoms with Crippen LogP contribution in [0.2, 0.25) is 0 Å². The van der Waals surface area contributed by atoms with Gasteiger partial charge in [-0.15, -0.1) is 11.6 Å². The van der Waals surface area contributed by atoms with E-state index in [1.807, 2.05) is 24.3 Å². The zero-order chi connectivity index (χ0) is 9.68. The molecule has 0 saturated heterocycles. The van der Waals surface area contributed by atoms with Crippen molar-refractivity contribution in [3.8, 4) is 0 Å². The first-order chi connectivity index (χ1) is 6.24. The molecular weight excluding hydrogens is 300 g/mol. The molecule has 0 fully saturated rings. The lowest BCUT2D eigenvalue weighted by atomic mass is 10.3. The van der Waals surface area contributed by atoms with Crippen LogP contribution in [-0.4, -0.2) is 11.8 Å². The summed E-state index contributed by atoms with van der Waals surface area (Å²) < 4.78 is 1.03. The van der Waals surface area contributed by atoms with Gasteiger partial charge < -0.3 is 5.32 Å². The van der Waals surface area contributed by atoms with Crippen molar-refractivity contribution in [3.63, 3.8) is 0 Å². The fourth-order valence-corrected chi connectivity index (χ4v) is 1.55. The number of carbonyl (C=O) groups is 1. The molecule has 0 bridgehead atoms. The molecule has 1 aromatic rings. The van der Waals surface area contributed by atoms with Gasteiger partial charge in [0.1, 0.15) is 0 Å². The quantitative estimate of drug-likeness (QED) is 0.675. The van der Waals surface area contributed by atoms with E-state index >= 15 is 0 Å². The van der Waals surface area contributed by atoms with Crippen LogP contribution in [0.4, 0.5) is 5.69 Å². The van der Waals surface area contributed by atoms with Gasteiger partial charge in [-0.1, -0.05) is 12.1 Å². The molecule has 0 spiro atoms. The Hall–Kier alpha value is -0.290. The average Bonchev–Trinajstić information content (AvgIpc) is 2.09. The van der Waals surface area contributed by atoms with E-state index in [4.69, 9.17) is 11.6 Å². The van der Waals surface area contributed by atoms with Gasteiger partial charge in [0.2, 0.25) is 5.91 Å². The van der Waals surface area contributed by atoms with Crippen LogP contribution in [0.3, 0.4) is 0 Å². The van der Waals surface area contributed by atoms with E-state index in [9.17, 15) is 4.79 Å². The van der Waals surface area contributed by atoms with Gasteiger partial charge in [0.15, 0.2) is 0 Å². The number of nitrogens with one attached hydrogen (secondary N) is 1. The summed E-state index contributed by atoms with van der Waals surface area (Å²) in [5.41, 5.74) is 0.846. The number of benzene rings is 1. The van der Waals surface area contributed by atoms with Crippen LogP contribution in [-0.2, 0) is 4.79 Å². The minimum atomic E-state index is -0.0425. The monoisotopic (exact) mass is 309 g/mol. The highest BCUT2D eigenvalue weighted by Crippen LogP contribution is 2.16. The summed E-state index contributed by atoms with van der Waals surface area (Å²) in [7, 11) is 0. The van der Waals surface area contributed by atoms with Crippen molar-refractivity contribution >= 4 is 45.8 Å². The van der Waals surface area contributed by atoms with Crippen molar-refractivity contribution in [3.05, 3.63) is 27.8 Å². The number of para-hydroxylation sites is 1. The van der Waals surface area contributed by atoms with Crippen LogP contribution in [0.1, 0.15) is 6.42 Å². The summed E-state index contributed by atoms with van der Waals surface area (Å²) >= 11 is 7.61. The molecule has 0 atom stereocenters. The van der Waals surface area contributed by atoms with Crippen LogP contribution >= 0.6 is 34.2 Å². The molecule has 0 aliphatic heterocycles. The number of carbonyl (C=O) groups excluding carboxylic acids is 1. The van der Waals surface area contributed by atoms with Crippen molar-refractivity contribution in [2.45, 2.75) is 6.42 Å². The van der Waals surface area contributed by atoms with Crippen molar-refractivity contribution in [2.75, 3.05) is 11.2 Å². The highest BCUT2D eigenvalue weighted by molar-refractivity contribution is 14.1. The van der Waals surface area contributed by atoms with E-state index in [1.165, 1.54) is 0 Å². The average molecular weight is 310 g/mol. The SMILES string of the molecule is O=C(CCCl)Nc1ccccc1I. The molecular formula is C9H9ClINO. The fourth-order valence-electron chi connectivity index (χ4n) is 0.861. The van der Waals surface area contributed by atoms with Gasteiger partial charge in [0.05, 0.1) is 5.69 Å². The lowest BCUT2D eigenvalue weighted by Gasteiger charge is -2.05. The predicted octanol–water partition coefficient (Wildman–Crippen LogP) is 2.86. The Kier molecular flexibility index (Phi) is 4.52. The highest BCUT2D eigenvalue weighted by atomic mass is 127. The third-order valence-electron chi connectivity index (χ3n) is 1.47. The van der Waals surface area contributed by atoms with Crippen LogP contribution in [0, 0.1) is 3.57 Å². The molecule has 4 heteroatoms. The number of hydrogen-bond acceptors (Lipinski definition) is 1. The van der Waals surface area contributed by atoms with E-state index in [-0.39, 0.29) is 5.91 Å². The van der Waals surface area contributed by atoms with E-state index < -0.39 is 0 Å². The first-order valence-corrected chi connectivity index (χ1v) is 5.45. The first-order valence-electron chi connectivity index (χ1n) is 3.84. The Bertz CT molecular complexity index is 303. The summed E-state index contributed by atoms with van der Waals surface area (Å²) in [5.74, 6) is 0.314. The van der Waals surface area contributed by atoms with Gasteiger partial charge in [-0.3, -0.25) is 4.79 Å². The summed E-state index contributed by atoms with van der Waals surface area (Å²) in [6.45, 7) is 0. The van der Waals surface area contributed by atoms with E-state index in [2.05, 4.69) is 27.9 Å². The topological polar surface area (TPSA) is 29.1 Å². The number of hydrogen-bond donors (Lipinski definition) is 1. The molecule has 1 aromatic carbocycles. The summed E-state index contributed by atoms with van der Waals surface area (Å²) in [4.78, 5) is 11.2. The zero-order valence-corrected chi connectivity index (χ0v) is 9.80. The number of amides is 1. The fraction of sp³-hybridized carbons (Fsp3) is 0.222. The van der Waals surface area contributed by atoms with E-state index in [0.29, 0.717) is 12.3 Å². The zero-order valence-electron chi connectivity index (χ0n) is 6.89. The largest absolute Gasteiger partial charge is 0.325 e. The molecule has 0 saturated carbocycles. The maximum atomic E-state index is 11.2. The van der Waals surface area contributed by atoms with Gasteiger partial charge in [0.25, 0.3) is 0 Å². The minimum Gasteiger partial charge on any atom is -0.325 e. The Balaban J connectivity index is 2.63. The maximum absolute atomic E-state index is 11.2. The molecule has 0 heterocycles. The molecule has 0 unspecified atom stereocenters. The van der Waals surface area contributed by atoms with Gasteiger partial charge in [-0.05, 0) is 34.7 Å². The molecule has 0 aliphatic carbocycles. The molecule has 13 heavy (non-hydrogen) atoms. The predicted molar refractivity (Wildman–Crippen MR) is 63.1 cm³/mol. The second kappa shape index (κ2) is 5.44. The number of anilines is 1. The molecule has 1 rings (SSSR count). The summed E-state index contributed by atoms with van der Waals surface area (Å²) in [6.07, 6.45) is 0.354. The van der Waals surface area contributed by atoms with Crippen molar-refractivity contribution < 1.29 is 4.79 Å². The van der Waals surface area contributed by atoms with Crippen molar-refractivity contribution in [2.24, 2.45) is 0 Å². The number of rotatable bonds is 3. The Morgan fingerprint density at radius 2 is 2.15 bits per heavy atom. The van der Waals surface area contributed by atoms with Crippen LogP contribution < -0.4 is 5.32 Å². The summed E-state index contributed by atoms with van der Waals surface area (Å²) in [6, 6.07) is 7.63. The van der Waals surface area contributed by atoms with Crippen molar-refractivity contribution in [1.29, 1.82) is 0 Å². The molecule has 1 N–H and O–H groups in total. The van der Waals surface area contributed by atoms with Crippen LogP contribution in [0.25, 0.3) is 0 Å². The lowest BCUT2D eigenvalue weighted by molar-refractivity contribution is -0.115. The molecule has 2 nitrogen and oxygen atoms in total. The number of halogens is 2. The Morgan fingerprint density at radius 3 is 2.77 bits per heavy atom. The van der Waals surface area contributed by atoms with Gasteiger partial charge >= 0.3 is 0 Å². The van der Waals surface area contributed by atoms with Crippen molar-refractivity contribution in [1.82, 2.24) is 0 Å². The molecule has 0 aliphatic rings. The second-order valence-electron chi connectivity index (χ2n) is 2.47.